The Morgan fingerprint density at radius 2 is 1.31 bits per heavy atom. The highest BCUT2D eigenvalue weighted by Gasteiger charge is 2.47. The van der Waals surface area contributed by atoms with E-state index in [1.54, 1.807) is 0 Å². The fraction of sp³-hybridized carbons (Fsp3) is 1.00. The molecule has 0 spiro atoms. The quantitative estimate of drug-likeness (QED) is 0.698. The minimum Gasteiger partial charge on any atom is -0.325 e. The summed E-state index contributed by atoms with van der Waals surface area (Å²) >= 11 is 0. The van der Waals surface area contributed by atoms with Crippen molar-refractivity contribution in [3.63, 3.8) is 0 Å². The zero-order valence-electron chi connectivity index (χ0n) is 11.6. The molecule has 2 nitrogen and oxygen atoms in total. The molecule has 96 valence electrons. The van der Waals surface area contributed by atoms with E-state index in [2.05, 4.69) is 37.7 Å². The molecule has 0 aromatic rings. The zero-order chi connectivity index (χ0) is 12.0. The molecule has 0 amide bonds. The Morgan fingerprint density at radius 1 is 0.875 bits per heavy atom. The van der Waals surface area contributed by atoms with Crippen LogP contribution in [0, 0.1) is 0 Å². The summed E-state index contributed by atoms with van der Waals surface area (Å²) in [5.74, 6) is 0. The lowest BCUT2D eigenvalue weighted by Gasteiger charge is -2.48. The lowest BCUT2D eigenvalue weighted by molar-refractivity contribution is 0.487. The van der Waals surface area contributed by atoms with Gasteiger partial charge in [-0.25, -0.2) is 0 Å². The summed E-state index contributed by atoms with van der Waals surface area (Å²) in [4.78, 5) is 7.86. The van der Waals surface area contributed by atoms with Crippen LogP contribution in [0.4, 0.5) is 0 Å². The number of hydrogen-bond acceptors (Lipinski definition) is 2. The first-order valence-electron chi connectivity index (χ1n) is 7.25. The molecule has 2 unspecified atom stereocenters. The van der Waals surface area contributed by atoms with Crippen molar-refractivity contribution in [1.29, 1.82) is 0 Å². The van der Waals surface area contributed by atoms with Gasteiger partial charge in [-0.15, -0.1) is 0 Å². The van der Waals surface area contributed by atoms with E-state index in [4.69, 9.17) is 0 Å². The van der Waals surface area contributed by atoms with Crippen molar-refractivity contribution in [2.75, 3.05) is 13.1 Å². The van der Waals surface area contributed by atoms with Crippen LogP contribution in [-0.2, 0) is 0 Å². The van der Waals surface area contributed by atoms with Gasteiger partial charge in [-0.1, -0.05) is 59.8 Å². The average Bonchev–Trinajstić information content (AvgIpc) is 2.30. The lowest BCUT2D eigenvalue weighted by Crippen LogP contribution is -2.69. The molecular formula is C13H30N2Si. The van der Waals surface area contributed by atoms with Gasteiger partial charge >= 0.3 is 0 Å². The van der Waals surface area contributed by atoms with E-state index < -0.39 is 8.40 Å². The summed E-state index contributed by atoms with van der Waals surface area (Å²) in [7, 11) is -1.44. The SMILES string of the molecule is CCN[Si]1(NCC)C(CC)CCCC1CC. The van der Waals surface area contributed by atoms with Crippen molar-refractivity contribution in [2.24, 2.45) is 0 Å². The van der Waals surface area contributed by atoms with Crippen LogP contribution in [0.1, 0.15) is 59.8 Å². The van der Waals surface area contributed by atoms with Crippen molar-refractivity contribution >= 4 is 8.40 Å². The molecule has 0 radical (unpaired) electrons. The second-order valence-electron chi connectivity index (χ2n) is 5.07. The minimum absolute atomic E-state index is 0.936. The van der Waals surface area contributed by atoms with Crippen molar-refractivity contribution < 1.29 is 0 Å². The van der Waals surface area contributed by atoms with Crippen molar-refractivity contribution in [2.45, 2.75) is 70.9 Å². The molecule has 0 aliphatic carbocycles. The molecular weight excluding hydrogens is 212 g/mol. The van der Waals surface area contributed by atoms with E-state index in [0.29, 0.717) is 0 Å². The topological polar surface area (TPSA) is 24.1 Å². The summed E-state index contributed by atoms with van der Waals surface area (Å²) in [6.45, 7) is 11.5. The van der Waals surface area contributed by atoms with Crippen LogP contribution in [0.5, 0.6) is 0 Å². The van der Waals surface area contributed by atoms with Gasteiger partial charge in [0.2, 0.25) is 8.40 Å². The molecule has 1 heterocycles. The van der Waals surface area contributed by atoms with Gasteiger partial charge in [-0.3, -0.25) is 0 Å². The van der Waals surface area contributed by atoms with Crippen LogP contribution < -0.4 is 9.96 Å². The Labute approximate surface area is 103 Å². The van der Waals surface area contributed by atoms with E-state index in [9.17, 15) is 0 Å². The summed E-state index contributed by atoms with van der Waals surface area (Å²) in [6.07, 6.45) is 7.03. The van der Waals surface area contributed by atoms with Crippen LogP contribution in [0.15, 0.2) is 0 Å². The summed E-state index contributed by atoms with van der Waals surface area (Å²) < 4.78 is 0. The van der Waals surface area contributed by atoms with E-state index in [-0.39, 0.29) is 0 Å². The summed E-state index contributed by atoms with van der Waals surface area (Å²) in [6, 6.07) is 0. The van der Waals surface area contributed by atoms with Crippen molar-refractivity contribution in [1.82, 2.24) is 9.96 Å². The minimum atomic E-state index is -1.44. The predicted octanol–water partition coefficient (Wildman–Crippen LogP) is 3.39. The second-order valence-corrected chi connectivity index (χ2v) is 9.15. The van der Waals surface area contributed by atoms with E-state index in [1.165, 1.54) is 32.1 Å². The third-order valence-electron chi connectivity index (χ3n) is 4.32. The first-order valence-corrected chi connectivity index (χ1v) is 9.40. The monoisotopic (exact) mass is 242 g/mol. The molecule has 0 aromatic heterocycles. The standard InChI is InChI=1S/C13H30N2Si/c1-5-12-10-9-11-13(6-2)16(12,14-7-3)15-8-4/h12-15H,5-11H2,1-4H3. The smallest absolute Gasteiger partial charge is 0.207 e. The van der Waals surface area contributed by atoms with Crippen molar-refractivity contribution in [3.8, 4) is 0 Å². The molecule has 1 aliphatic rings. The molecule has 2 N–H and O–H groups in total. The zero-order valence-corrected chi connectivity index (χ0v) is 12.6. The average molecular weight is 242 g/mol. The molecule has 1 saturated heterocycles. The van der Waals surface area contributed by atoms with Gasteiger partial charge in [0.15, 0.2) is 0 Å². The van der Waals surface area contributed by atoms with Gasteiger partial charge < -0.3 is 9.96 Å². The fourth-order valence-corrected chi connectivity index (χ4v) is 9.40. The summed E-state index contributed by atoms with van der Waals surface area (Å²) in [5, 5.41) is 0. The number of nitrogens with one attached hydrogen (secondary N) is 2. The Morgan fingerprint density at radius 3 is 1.62 bits per heavy atom. The van der Waals surface area contributed by atoms with E-state index >= 15 is 0 Å². The molecule has 3 heteroatoms. The molecule has 0 saturated carbocycles. The highest BCUT2D eigenvalue weighted by atomic mass is 28.3. The fourth-order valence-electron chi connectivity index (χ4n) is 3.68. The van der Waals surface area contributed by atoms with Gasteiger partial charge in [0.1, 0.15) is 0 Å². The normalized spacial score (nSPS) is 29.2. The Kier molecular flexibility index (Phi) is 6.01. The first-order chi connectivity index (χ1) is 7.75. The third kappa shape index (κ3) is 2.69. The third-order valence-corrected chi connectivity index (χ3v) is 10.2. The van der Waals surface area contributed by atoms with E-state index in [0.717, 1.165) is 24.2 Å². The molecule has 0 aromatic carbocycles. The molecule has 1 fully saturated rings. The van der Waals surface area contributed by atoms with Crippen LogP contribution in [0.2, 0.25) is 11.1 Å². The Hall–Kier alpha value is 0.137. The number of hydrogen-bond donors (Lipinski definition) is 2. The maximum atomic E-state index is 3.93. The molecule has 1 aliphatic heterocycles. The van der Waals surface area contributed by atoms with E-state index in [1.807, 2.05) is 0 Å². The summed E-state index contributed by atoms with van der Waals surface area (Å²) in [5.41, 5.74) is 1.87. The van der Waals surface area contributed by atoms with Crippen molar-refractivity contribution in [3.05, 3.63) is 0 Å². The Balaban J connectivity index is 2.90. The second kappa shape index (κ2) is 6.77. The molecule has 0 bridgehead atoms. The van der Waals surface area contributed by atoms with Gasteiger partial charge in [0.25, 0.3) is 0 Å². The van der Waals surface area contributed by atoms with Crippen LogP contribution >= 0.6 is 0 Å². The maximum Gasteiger partial charge on any atom is 0.207 e. The van der Waals surface area contributed by atoms with Gasteiger partial charge in [0.05, 0.1) is 0 Å². The first kappa shape index (κ1) is 14.2. The van der Waals surface area contributed by atoms with Crippen LogP contribution in [0.25, 0.3) is 0 Å². The molecule has 2 atom stereocenters. The molecule has 16 heavy (non-hydrogen) atoms. The maximum absolute atomic E-state index is 3.93. The predicted molar refractivity (Wildman–Crippen MR) is 75.0 cm³/mol. The lowest BCUT2D eigenvalue weighted by atomic mass is 10.1. The van der Waals surface area contributed by atoms with Crippen LogP contribution in [-0.4, -0.2) is 21.5 Å². The van der Waals surface area contributed by atoms with Gasteiger partial charge in [-0.05, 0) is 24.2 Å². The van der Waals surface area contributed by atoms with Gasteiger partial charge in [-0.2, -0.15) is 0 Å². The van der Waals surface area contributed by atoms with Crippen LogP contribution in [0.3, 0.4) is 0 Å². The largest absolute Gasteiger partial charge is 0.325 e. The Bertz CT molecular complexity index is 176. The number of rotatable bonds is 6. The highest BCUT2D eigenvalue weighted by molar-refractivity contribution is 6.78. The van der Waals surface area contributed by atoms with Gasteiger partial charge in [0, 0.05) is 0 Å². The molecule has 1 rings (SSSR count). The highest BCUT2D eigenvalue weighted by Crippen LogP contribution is 2.44.